The van der Waals surface area contributed by atoms with Gasteiger partial charge in [0, 0.05) is 10.4 Å². The van der Waals surface area contributed by atoms with Crippen LogP contribution in [-0.2, 0) is 9.84 Å². The van der Waals surface area contributed by atoms with Gasteiger partial charge in [-0.25, -0.2) is 8.42 Å². The van der Waals surface area contributed by atoms with E-state index in [1.165, 1.54) is 18.2 Å². The summed E-state index contributed by atoms with van der Waals surface area (Å²) < 4.78 is 24.5. The molecule has 17 heavy (non-hydrogen) atoms. The molecule has 1 unspecified atom stereocenters. The van der Waals surface area contributed by atoms with Crippen molar-refractivity contribution in [3.8, 4) is 6.07 Å². The van der Waals surface area contributed by atoms with E-state index < -0.39 is 9.84 Å². The summed E-state index contributed by atoms with van der Waals surface area (Å²) in [6.45, 7) is 1.78. The van der Waals surface area contributed by atoms with Crippen molar-refractivity contribution in [3.05, 3.63) is 28.2 Å². The Balaban J connectivity index is 3.13. The zero-order valence-corrected chi connectivity index (χ0v) is 12.3. The van der Waals surface area contributed by atoms with Crippen LogP contribution in [0.4, 0.5) is 0 Å². The molecule has 0 radical (unpaired) electrons. The van der Waals surface area contributed by atoms with E-state index in [0.29, 0.717) is 15.9 Å². The first-order valence-corrected chi connectivity index (χ1v) is 7.87. The lowest BCUT2D eigenvalue weighted by atomic mass is 10.2. The monoisotopic (exact) mass is 335 g/mol. The van der Waals surface area contributed by atoms with E-state index >= 15 is 0 Å². The van der Waals surface area contributed by atoms with Gasteiger partial charge in [-0.05, 0) is 40.0 Å². The van der Waals surface area contributed by atoms with Crippen LogP contribution in [0, 0.1) is 17.2 Å². The van der Waals surface area contributed by atoms with Gasteiger partial charge in [0.15, 0.2) is 9.84 Å². The highest BCUT2D eigenvalue weighted by molar-refractivity contribution is 9.10. The standard InChI is InChI=1S/C11H11BrClNO2S/c1-8(5-13)7-17(15,16)11-3-2-9(6-14)4-10(11)12/h2-4,8H,5,7H2,1H3. The number of alkyl halides is 1. The lowest BCUT2D eigenvalue weighted by Crippen LogP contribution is -2.15. The largest absolute Gasteiger partial charge is 0.224 e. The molecule has 0 aliphatic carbocycles. The number of nitrogens with zero attached hydrogens (tertiary/aromatic N) is 1. The number of rotatable bonds is 4. The normalized spacial score (nSPS) is 13.1. The fraction of sp³-hybridized carbons (Fsp3) is 0.364. The minimum atomic E-state index is -3.37. The predicted molar refractivity (Wildman–Crippen MR) is 70.8 cm³/mol. The lowest BCUT2D eigenvalue weighted by molar-refractivity contribution is 0.582. The maximum Gasteiger partial charge on any atom is 0.179 e. The highest BCUT2D eigenvalue weighted by Gasteiger charge is 2.20. The van der Waals surface area contributed by atoms with Gasteiger partial charge in [0.2, 0.25) is 0 Å². The van der Waals surface area contributed by atoms with Gasteiger partial charge in [0.05, 0.1) is 22.3 Å². The molecule has 0 aliphatic heterocycles. The number of nitriles is 1. The Hall–Kier alpha value is -0.570. The minimum absolute atomic E-state index is 0.000992. The van der Waals surface area contributed by atoms with E-state index in [2.05, 4.69) is 15.9 Å². The zero-order valence-electron chi connectivity index (χ0n) is 9.15. The van der Waals surface area contributed by atoms with Crippen molar-refractivity contribution in [1.82, 2.24) is 0 Å². The number of hydrogen-bond donors (Lipinski definition) is 0. The maximum atomic E-state index is 12.1. The first-order valence-electron chi connectivity index (χ1n) is 4.89. The smallest absolute Gasteiger partial charge is 0.179 e. The number of benzene rings is 1. The number of hydrogen-bond acceptors (Lipinski definition) is 3. The second-order valence-electron chi connectivity index (χ2n) is 3.80. The average molecular weight is 337 g/mol. The molecule has 0 saturated carbocycles. The summed E-state index contributed by atoms with van der Waals surface area (Å²) in [5.41, 5.74) is 0.418. The third-order valence-electron chi connectivity index (χ3n) is 2.16. The molecule has 0 aliphatic rings. The van der Waals surface area contributed by atoms with Crippen LogP contribution in [0.1, 0.15) is 12.5 Å². The molecule has 0 N–H and O–H groups in total. The Kier molecular flexibility index (Phi) is 4.99. The van der Waals surface area contributed by atoms with Crippen molar-refractivity contribution < 1.29 is 8.42 Å². The van der Waals surface area contributed by atoms with Gasteiger partial charge in [0.25, 0.3) is 0 Å². The summed E-state index contributed by atoms with van der Waals surface area (Å²) in [4.78, 5) is 0.202. The van der Waals surface area contributed by atoms with E-state index in [1.807, 2.05) is 6.07 Å². The quantitative estimate of drug-likeness (QED) is 0.794. The van der Waals surface area contributed by atoms with Crippen molar-refractivity contribution >= 4 is 37.4 Å². The molecule has 1 atom stereocenters. The first-order chi connectivity index (χ1) is 7.90. The summed E-state index contributed by atoms with van der Waals surface area (Å²) in [7, 11) is -3.37. The molecule has 0 saturated heterocycles. The molecule has 0 spiro atoms. The maximum absolute atomic E-state index is 12.1. The molecule has 6 heteroatoms. The van der Waals surface area contributed by atoms with Gasteiger partial charge in [0.1, 0.15) is 0 Å². The third kappa shape index (κ3) is 3.70. The van der Waals surface area contributed by atoms with Crippen LogP contribution in [0.25, 0.3) is 0 Å². The van der Waals surface area contributed by atoms with Crippen LogP contribution >= 0.6 is 27.5 Å². The molecule has 0 heterocycles. The fourth-order valence-electron chi connectivity index (χ4n) is 1.33. The summed E-state index contributed by atoms with van der Waals surface area (Å²) in [6.07, 6.45) is 0. The summed E-state index contributed by atoms with van der Waals surface area (Å²) in [6, 6.07) is 6.38. The molecule has 1 aromatic carbocycles. The minimum Gasteiger partial charge on any atom is -0.224 e. The first kappa shape index (κ1) is 14.5. The molecular weight excluding hydrogens is 326 g/mol. The van der Waals surface area contributed by atoms with Crippen molar-refractivity contribution in [2.75, 3.05) is 11.6 Å². The highest BCUT2D eigenvalue weighted by Crippen LogP contribution is 2.25. The van der Waals surface area contributed by atoms with Crippen LogP contribution in [0.2, 0.25) is 0 Å². The average Bonchev–Trinajstić information content (AvgIpc) is 2.27. The van der Waals surface area contributed by atoms with Crippen LogP contribution in [0.15, 0.2) is 27.6 Å². The number of sulfone groups is 1. The molecular formula is C11H11BrClNO2S. The molecule has 0 aromatic heterocycles. The summed E-state index contributed by atoms with van der Waals surface area (Å²) in [5, 5.41) is 8.70. The molecule has 0 bridgehead atoms. The van der Waals surface area contributed by atoms with Gasteiger partial charge in [-0.1, -0.05) is 6.92 Å². The molecule has 0 amide bonds. The predicted octanol–water partition coefficient (Wildman–Crippen LogP) is 2.97. The van der Waals surface area contributed by atoms with Gasteiger partial charge >= 0.3 is 0 Å². The van der Waals surface area contributed by atoms with E-state index in [-0.39, 0.29) is 16.6 Å². The third-order valence-corrected chi connectivity index (χ3v) is 5.64. The van der Waals surface area contributed by atoms with Crippen molar-refractivity contribution in [1.29, 1.82) is 5.26 Å². The summed E-state index contributed by atoms with van der Waals surface area (Å²) >= 11 is 8.79. The number of halogens is 2. The SMILES string of the molecule is CC(CCl)CS(=O)(=O)c1ccc(C#N)cc1Br. The van der Waals surface area contributed by atoms with Crippen LogP contribution in [0.3, 0.4) is 0 Å². The Labute approximate surface area is 114 Å². The molecule has 92 valence electrons. The molecule has 1 aromatic rings. The molecule has 0 fully saturated rings. The van der Waals surface area contributed by atoms with Crippen molar-refractivity contribution in [2.45, 2.75) is 11.8 Å². The van der Waals surface area contributed by atoms with Gasteiger partial charge in [-0.15, -0.1) is 11.6 Å². The van der Waals surface area contributed by atoms with Crippen LogP contribution in [-0.4, -0.2) is 20.1 Å². The second kappa shape index (κ2) is 5.85. The molecule has 1 rings (SSSR count). The Morgan fingerprint density at radius 1 is 1.53 bits per heavy atom. The van der Waals surface area contributed by atoms with E-state index in [9.17, 15) is 8.42 Å². The Morgan fingerprint density at radius 2 is 2.18 bits per heavy atom. The summed E-state index contributed by atoms with van der Waals surface area (Å²) in [5.74, 6) is 0.193. The van der Waals surface area contributed by atoms with Crippen LogP contribution in [0.5, 0.6) is 0 Å². The zero-order chi connectivity index (χ0) is 13.1. The van der Waals surface area contributed by atoms with Crippen LogP contribution < -0.4 is 0 Å². The fourth-order valence-corrected chi connectivity index (χ4v) is 4.37. The highest BCUT2D eigenvalue weighted by atomic mass is 79.9. The van der Waals surface area contributed by atoms with E-state index in [1.54, 1.807) is 6.92 Å². The van der Waals surface area contributed by atoms with Gasteiger partial charge in [-0.2, -0.15) is 5.26 Å². The van der Waals surface area contributed by atoms with E-state index in [0.717, 1.165) is 0 Å². The van der Waals surface area contributed by atoms with Gasteiger partial charge in [-0.3, -0.25) is 0 Å². The molecule has 3 nitrogen and oxygen atoms in total. The lowest BCUT2D eigenvalue weighted by Gasteiger charge is -2.10. The van der Waals surface area contributed by atoms with E-state index in [4.69, 9.17) is 16.9 Å². The Morgan fingerprint density at radius 3 is 2.65 bits per heavy atom. The Bertz CT molecular complexity index is 551. The second-order valence-corrected chi connectivity index (χ2v) is 6.96. The van der Waals surface area contributed by atoms with Crippen molar-refractivity contribution in [2.24, 2.45) is 5.92 Å². The topological polar surface area (TPSA) is 57.9 Å². The van der Waals surface area contributed by atoms with Crippen molar-refractivity contribution in [3.63, 3.8) is 0 Å². The van der Waals surface area contributed by atoms with Gasteiger partial charge < -0.3 is 0 Å².